The first-order valence-electron chi connectivity index (χ1n) is 5.56. The van der Waals surface area contributed by atoms with Crippen molar-refractivity contribution in [1.29, 1.82) is 0 Å². The molecule has 0 aromatic heterocycles. The Labute approximate surface area is 85.3 Å². The van der Waals surface area contributed by atoms with Crippen molar-refractivity contribution in [2.45, 2.75) is 32.1 Å². The maximum absolute atomic E-state index is 6.00. The first kappa shape index (κ1) is 8.34. The summed E-state index contributed by atoms with van der Waals surface area (Å²) in [6, 6.07) is 8.36. The Morgan fingerprint density at radius 2 is 2.00 bits per heavy atom. The van der Waals surface area contributed by atoms with Gasteiger partial charge < -0.3 is 5.73 Å². The van der Waals surface area contributed by atoms with Crippen molar-refractivity contribution in [2.75, 3.05) is 5.73 Å². The molecule has 0 amide bonds. The van der Waals surface area contributed by atoms with Crippen LogP contribution in [0, 0.1) is 11.3 Å². The summed E-state index contributed by atoms with van der Waals surface area (Å²) < 4.78 is 0. The predicted molar refractivity (Wildman–Crippen MR) is 59.0 cm³/mol. The minimum atomic E-state index is 0.593. The highest BCUT2D eigenvalue weighted by Crippen LogP contribution is 2.69. The zero-order valence-electron chi connectivity index (χ0n) is 8.66. The summed E-state index contributed by atoms with van der Waals surface area (Å²) in [6.45, 7) is 2.43. The van der Waals surface area contributed by atoms with Crippen molar-refractivity contribution in [3.63, 3.8) is 0 Å². The Bertz CT molecular complexity index is 367. The Hall–Kier alpha value is -0.980. The lowest BCUT2D eigenvalue weighted by atomic mass is 9.95. The van der Waals surface area contributed by atoms with Gasteiger partial charge in [0.1, 0.15) is 0 Å². The highest BCUT2D eigenvalue weighted by Gasteiger charge is 2.59. The topological polar surface area (TPSA) is 26.0 Å². The molecule has 2 aliphatic carbocycles. The molecule has 0 radical (unpaired) electrons. The third-order valence-corrected chi connectivity index (χ3v) is 4.16. The SMILES string of the molecule is C[C@]1(C2CC2)CC1c1ccccc1N. The van der Waals surface area contributed by atoms with E-state index in [0.717, 1.165) is 17.5 Å². The van der Waals surface area contributed by atoms with E-state index >= 15 is 0 Å². The molecule has 2 N–H and O–H groups in total. The molecule has 2 atom stereocenters. The van der Waals surface area contributed by atoms with Crippen LogP contribution >= 0.6 is 0 Å². The van der Waals surface area contributed by atoms with E-state index in [2.05, 4.69) is 19.1 Å². The Balaban J connectivity index is 1.88. The number of nitrogen functional groups attached to an aromatic ring is 1. The fraction of sp³-hybridized carbons (Fsp3) is 0.538. The van der Waals surface area contributed by atoms with Gasteiger partial charge in [0.25, 0.3) is 0 Å². The maximum Gasteiger partial charge on any atom is 0.0349 e. The molecular formula is C13H17N. The van der Waals surface area contributed by atoms with E-state index in [1.54, 1.807) is 0 Å². The van der Waals surface area contributed by atoms with Gasteiger partial charge in [0.2, 0.25) is 0 Å². The average molecular weight is 187 g/mol. The van der Waals surface area contributed by atoms with Crippen LogP contribution in [0.5, 0.6) is 0 Å². The molecule has 0 spiro atoms. The van der Waals surface area contributed by atoms with Gasteiger partial charge in [-0.3, -0.25) is 0 Å². The second-order valence-corrected chi connectivity index (χ2v) is 5.17. The number of anilines is 1. The molecule has 2 saturated carbocycles. The van der Waals surface area contributed by atoms with E-state index in [4.69, 9.17) is 5.73 Å². The van der Waals surface area contributed by atoms with Crippen LogP contribution in [0.2, 0.25) is 0 Å². The standard InChI is InChI=1S/C13H17N/c1-13(9-6-7-9)8-11(13)10-4-2-3-5-12(10)14/h2-5,9,11H,6-8,14H2,1H3/t11?,13-/m1/s1. The Morgan fingerprint density at radius 1 is 1.29 bits per heavy atom. The molecule has 74 valence electrons. The summed E-state index contributed by atoms with van der Waals surface area (Å²) in [5.74, 6) is 1.74. The van der Waals surface area contributed by atoms with E-state index < -0.39 is 0 Å². The zero-order valence-corrected chi connectivity index (χ0v) is 8.66. The lowest BCUT2D eigenvalue weighted by molar-refractivity contribution is 0.472. The smallest absolute Gasteiger partial charge is 0.0349 e. The molecule has 3 rings (SSSR count). The van der Waals surface area contributed by atoms with Gasteiger partial charge in [-0.05, 0) is 48.1 Å². The summed E-state index contributed by atoms with van der Waals surface area (Å²) in [5.41, 5.74) is 8.97. The minimum Gasteiger partial charge on any atom is -0.398 e. The second kappa shape index (κ2) is 2.53. The van der Waals surface area contributed by atoms with Gasteiger partial charge in [-0.25, -0.2) is 0 Å². The molecule has 1 nitrogen and oxygen atoms in total. The quantitative estimate of drug-likeness (QED) is 0.707. The molecule has 1 unspecified atom stereocenters. The van der Waals surface area contributed by atoms with Crippen molar-refractivity contribution >= 4 is 5.69 Å². The summed E-state index contributed by atoms with van der Waals surface area (Å²) >= 11 is 0. The molecular weight excluding hydrogens is 170 g/mol. The van der Waals surface area contributed by atoms with Gasteiger partial charge in [0.15, 0.2) is 0 Å². The predicted octanol–water partition coefficient (Wildman–Crippen LogP) is 3.17. The van der Waals surface area contributed by atoms with E-state index in [0.29, 0.717) is 5.41 Å². The highest BCUT2D eigenvalue weighted by atomic mass is 14.7. The van der Waals surface area contributed by atoms with Gasteiger partial charge in [-0.2, -0.15) is 0 Å². The van der Waals surface area contributed by atoms with Crippen LogP contribution in [-0.2, 0) is 0 Å². The third-order valence-electron chi connectivity index (χ3n) is 4.16. The Kier molecular flexibility index (Phi) is 1.51. The molecule has 2 fully saturated rings. The lowest BCUT2D eigenvalue weighted by Gasteiger charge is -2.10. The second-order valence-electron chi connectivity index (χ2n) is 5.17. The molecule has 1 aromatic carbocycles. The van der Waals surface area contributed by atoms with Gasteiger partial charge >= 0.3 is 0 Å². The molecule has 14 heavy (non-hydrogen) atoms. The molecule has 1 aromatic rings. The normalized spacial score (nSPS) is 35.6. The van der Waals surface area contributed by atoms with Gasteiger partial charge in [-0.1, -0.05) is 25.1 Å². The first-order chi connectivity index (χ1) is 6.72. The zero-order chi connectivity index (χ0) is 9.76. The van der Waals surface area contributed by atoms with Crippen LogP contribution in [0.15, 0.2) is 24.3 Å². The van der Waals surface area contributed by atoms with Gasteiger partial charge in [-0.15, -0.1) is 0 Å². The van der Waals surface area contributed by atoms with E-state index in [-0.39, 0.29) is 0 Å². The van der Waals surface area contributed by atoms with Crippen LogP contribution in [0.4, 0.5) is 5.69 Å². The van der Waals surface area contributed by atoms with Crippen LogP contribution in [0.25, 0.3) is 0 Å². The number of para-hydroxylation sites is 1. The van der Waals surface area contributed by atoms with Crippen molar-refractivity contribution in [2.24, 2.45) is 11.3 Å². The summed E-state index contributed by atoms with van der Waals surface area (Å²) in [4.78, 5) is 0. The molecule has 0 bridgehead atoms. The monoisotopic (exact) mass is 187 g/mol. The number of rotatable bonds is 2. The van der Waals surface area contributed by atoms with Crippen molar-refractivity contribution in [3.8, 4) is 0 Å². The van der Waals surface area contributed by atoms with E-state index in [9.17, 15) is 0 Å². The number of hydrogen-bond donors (Lipinski definition) is 1. The molecule has 1 heteroatoms. The summed E-state index contributed by atoms with van der Waals surface area (Å²) in [5, 5.41) is 0. The van der Waals surface area contributed by atoms with E-state index in [1.165, 1.54) is 24.8 Å². The number of nitrogens with two attached hydrogens (primary N) is 1. The number of hydrogen-bond acceptors (Lipinski definition) is 1. The molecule has 2 aliphatic rings. The first-order valence-corrected chi connectivity index (χ1v) is 5.56. The van der Waals surface area contributed by atoms with Gasteiger partial charge in [0, 0.05) is 5.69 Å². The van der Waals surface area contributed by atoms with Crippen molar-refractivity contribution in [3.05, 3.63) is 29.8 Å². The largest absolute Gasteiger partial charge is 0.398 e. The van der Waals surface area contributed by atoms with Crippen molar-refractivity contribution < 1.29 is 0 Å². The summed E-state index contributed by atoms with van der Waals surface area (Å²) in [7, 11) is 0. The lowest BCUT2D eigenvalue weighted by Crippen LogP contribution is -2.01. The molecule has 0 heterocycles. The van der Waals surface area contributed by atoms with Crippen molar-refractivity contribution in [1.82, 2.24) is 0 Å². The van der Waals surface area contributed by atoms with Crippen LogP contribution in [0.1, 0.15) is 37.7 Å². The van der Waals surface area contributed by atoms with Crippen LogP contribution < -0.4 is 5.73 Å². The minimum absolute atomic E-state index is 0.593. The molecule has 0 saturated heterocycles. The highest BCUT2D eigenvalue weighted by molar-refractivity contribution is 5.51. The average Bonchev–Trinajstić information content (AvgIpc) is 2.99. The van der Waals surface area contributed by atoms with Crippen LogP contribution in [0.3, 0.4) is 0 Å². The van der Waals surface area contributed by atoms with Crippen LogP contribution in [-0.4, -0.2) is 0 Å². The Morgan fingerprint density at radius 3 is 2.64 bits per heavy atom. The third kappa shape index (κ3) is 1.08. The fourth-order valence-corrected chi connectivity index (χ4v) is 2.87. The molecule has 0 aliphatic heterocycles. The fourth-order valence-electron chi connectivity index (χ4n) is 2.87. The van der Waals surface area contributed by atoms with Gasteiger partial charge in [0.05, 0.1) is 0 Å². The van der Waals surface area contributed by atoms with E-state index in [1.807, 2.05) is 12.1 Å². The number of benzene rings is 1. The summed E-state index contributed by atoms with van der Waals surface area (Å²) in [6.07, 6.45) is 4.24. The maximum atomic E-state index is 6.00.